The second-order valence-electron chi connectivity index (χ2n) is 4.50. The van der Waals surface area contributed by atoms with Crippen LogP contribution in [0.4, 0.5) is 0 Å². The molecule has 1 atom stereocenters. The maximum absolute atomic E-state index is 5.50. The van der Waals surface area contributed by atoms with Crippen LogP contribution in [0.15, 0.2) is 24.3 Å². The first kappa shape index (κ1) is 10.7. The zero-order valence-electron chi connectivity index (χ0n) is 9.45. The minimum Gasteiger partial charge on any atom is -0.330 e. The van der Waals surface area contributed by atoms with Crippen molar-refractivity contribution in [2.45, 2.75) is 18.8 Å². The second kappa shape index (κ2) is 4.77. The SMILES string of the molecule is CN(CCCN)CC1Cc2ccccc21. The highest BCUT2D eigenvalue weighted by atomic mass is 15.1. The van der Waals surface area contributed by atoms with E-state index in [0.717, 1.165) is 25.4 Å². The fourth-order valence-corrected chi connectivity index (χ4v) is 2.35. The molecule has 15 heavy (non-hydrogen) atoms. The molecule has 2 rings (SSSR count). The highest BCUT2D eigenvalue weighted by Gasteiger charge is 2.25. The van der Waals surface area contributed by atoms with Crippen LogP contribution >= 0.6 is 0 Å². The molecule has 0 saturated heterocycles. The molecule has 82 valence electrons. The van der Waals surface area contributed by atoms with Gasteiger partial charge < -0.3 is 10.6 Å². The van der Waals surface area contributed by atoms with Crippen molar-refractivity contribution in [3.05, 3.63) is 35.4 Å². The van der Waals surface area contributed by atoms with Crippen molar-refractivity contribution in [3.63, 3.8) is 0 Å². The van der Waals surface area contributed by atoms with Crippen molar-refractivity contribution in [1.29, 1.82) is 0 Å². The van der Waals surface area contributed by atoms with Crippen LogP contribution in [0.25, 0.3) is 0 Å². The molecular weight excluding hydrogens is 184 g/mol. The Hall–Kier alpha value is -0.860. The molecule has 2 N–H and O–H groups in total. The van der Waals surface area contributed by atoms with Crippen molar-refractivity contribution in [3.8, 4) is 0 Å². The average Bonchev–Trinajstić information content (AvgIpc) is 2.23. The molecule has 2 heteroatoms. The summed E-state index contributed by atoms with van der Waals surface area (Å²) in [7, 11) is 2.19. The summed E-state index contributed by atoms with van der Waals surface area (Å²) in [5.41, 5.74) is 8.59. The number of nitrogens with two attached hydrogens (primary N) is 1. The molecule has 0 aromatic heterocycles. The normalized spacial score (nSPS) is 18.7. The molecule has 0 bridgehead atoms. The first-order chi connectivity index (χ1) is 7.31. The molecule has 0 saturated carbocycles. The van der Waals surface area contributed by atoms with Gasteiger partial charge in [-0.05, 0) is 44.1 Å². The Morgan fingerprint density at radius 1 is 1.40 bits per heavy atom. The first-order valence-electron chi connectivity index (χ1n) is 5.77. The second-order valence-corrected chi connectivity index (χ2v) is 4.50. The largest absolute Gasteiger partial charge is 0.330 e. The Labute approximate surface area is 92.1 Å². The summed E-state index contributed by atoms with van der Waals surface area (Å²) in [5.74, 6) is 0.754. The smallest absolute Gasteiger partial charge is 0.00505 e. The fourth-order valence-electron chi connectivity index (χ4n) is 2.35. The van der Waals surface area contributed by atoms with Crippen LogP contribution in [-0.2, 0) is 6.42 Å². The Morgan fingerprint density at radius 2 is 2.20 bits per heavy atom. The molecule has 2 nitrogen and oxygen atoms in total. The standard InChI is InChI=1S/C13H20N2/c1-15(8-4-7-14)10-12-9-11-5-2-3-6-13(11)12/h2-3,5-6,12H,4,7-10,14H2,1H3. The van der Waals surface area contributed by atoms with Crippen molar-refractivity contribution in [1.82, 2.24) is 4.90 Å². The van der Waals surface area contributed by atoms with Gasteiger partial charge in [-0.15, -0.1) is 0 Å². The van der Waals surface area contributed by atoms with E-state index in [9.17, 15) is 0 Å². The van der Waals surface area contributed by atoms with Gasteiger partial charge in [-0.2, -0.15) is 0 Å². The van der Waals surface area contributed by atoms with Crippen LogP contribution in [0.2, 0.25) is 0 Å². The topological polar surface area (TPSA) is 29.3 Å². The van der Waals surface area contributed by atoms with Gasteiger partial charge in [0.1, 0.15) is 0 Å². The number of nitrogens with zero attached hydrogens (tertiary/aromatic N) is 1. The predicted molar refractivity (Wildman–Crippen MR) is 64.1 cm³/mol. The molecule has 1 aliphatic rings. The number of rotatable bonds is 5. The van der Waals surface area contributed by atoms with Crippen LogP contribution in [-0.4, -0.2) is 31.6 Å². The quantitative estimate of drug-likeness (QED) is 0.789. The van der Waals surface area contributed by atoms with Gasteiger partial charge in [-0.3, -0.25) is 0 Å². The van der Waals surface area contributed by atoms with Gasteiger partial charge in [-0.25, -0.2) is 0 Å². The van der Waals surface area contributed by atoms with Gasteiger partial charge in [-0.1, -0.05) is 24.3 Å². The lowest BCUT2D eigenvalue weighted by atomic mass is 9.77. The third-order valence-electron chi connectivity index (χ3n) is 3.24. The lowest BCUT2D eigenvalue weighted by molar-refractivity contribution is 0.297. The Balaban J connectivity index is 1.84. The molecule has 0 spiro atoms. The Kier molecular flexibility index (Phi) is 3.39. The highest BCUT2D eigenvalue weighted by Crippen LogP contribution is 2.34. The summed E-state index contributed by atoms with van der Waals surface area (Å²) in [4.78, 5) is 2.40. The highest BCUT2D eigenvalue weighted by molar-refractivity contribution is 5.40. The van der Waals surface area contributed by atoms with E-state index < -0.39 is 0 Å². The third-order valence-corrected chi connectivity index (χ3v) is 3.24. The minimum absolute atomic E-state index is 0.754. The Morgan fingerprint density at radius 3 is 2.93 bits per heavy atom. The predicted octanol–water partition coefficient (Wildman–Crippen LogP) is 1.61. The number of fused-ring (bicyclic) bond motifs is 1. The van der Waals surface area contributed by atoms with Gasteiger partial charge in [0.2, 0.25) is 0 Å². The van der Waals surface area contributed by atoms with Gasteiger partial charge in [0, 0.05) is 12.5 Å². The van der Waals surface area contributed by atoms with Crippen LogP contribution < -0.4 is 5.73 Å². The van der Waals surface area contributed by atoms with E-state index in [2.05, 4.69) is 36.2 Å². The maximum atomic E-state index is 5.50. The van der Waals surface area contributed by atoms with Crippen molar-refractivity contribution >= 4 is 0 Å². The summed E-state index contributed by atoms with van der Waals surface area (Å²) in [6.07, 6.45) is 2.36. The van der Waals surface area contributed by atoms with E-state index in [4.69, 9.17) is 5.73 Å². The monoisotopic (exact) mass is 204 g/mol. The van der Waals surface area contributed by atoms with Gasteiger partial charge in [0.15, 0.2) is 0 Å². The molecule has 1 aromatic rings. The summed E-state index contributed by atoms with van der Waals surface area (Å²) in [6, 6.07) is 8.78. The van der Waals surface area contributed by atoms with Crippen molar-refractivity contribution in [2.75, 3.05) is 26.7 Å². The van der Waals surface area contributed by atoms with Gasteiger partial charge in [0.05, 0.1) is 0 Å². The van der Waals surface area contributed by atoms with E-state index in [-0.39, 0.29) is 0 Å². The number of likely N-dealkylation sites (N-methyl/N-ethyl adjacent to an activating group) is 1. The first-order valence-corrected chi connectivity index (χ1v) is 5.77. The molecule has 1 aliphatic carbocycles. The summed E-state index contributed by atoms with van der Waals surface area (Å²) < 4.78 is 0. The molecule has 0 aliphatic heterocycles. The maximum Gasteiger partial charge on any atom is 0.00505 e. The molecule has 1 aromatic carbocycles. The molecular formula is C13H20N2. The average molecular weight is 204 g/mol. The number of benzene rings is 1. The fraction of sp³-hybridized carbons (Fsp3) is 0.538. The molecule has 0 fully saturated rings. The van der Waals surface area contributed by atoms with E-state index >= 15 is 0 Å². The molecule has 1 unspecified atom stereocenters. The van der Waals surface area contributed by atoms with E-state index in [0.29, 0.717) is 0 Å². The lowest BCUT2D eigenvalue weighted by Gasteiger charge is -2.33. The van der Waals surface area contributed by atoms with Crippen molar-refractivity contribution < 1.29 is 0 Å². The van der Waals surface area contributed by atoms with Crippen LogP contribution in [0.3, 0.4) is 0 Å². The van der Waals surface area contributed by atoms with Crippen molar-refractivity contribution in [2.24, 2.45) is 5.73 Å². The van der Waals surface area contributed by atoms with E-state index in [1.54, 1.807) is 5.56 Å². The third kappa shape index (κ3) is 2.39. The molecule has 0 radical (unpaired) electrons. The number of hydrogen-bond donors (Lipinski definition) is 1. The van der Waals surface area contributed by atoms with Crippen LogP contribution in [0, 0.1) is 0 Å². The summed E-state index contributed by atoms with van der Waals surface area (Å²) >= 11 is 0. The minimum atomic E-state index is 0.754. The Bertz CT molecular complexity index is 322. The van der Waals surface area contributed by atoms with Gasteiger partial charge >= 0.3 is 0 Å². The molecule has 0 amide bonds. The zero-order valence-corrected chi connectivity index (χ0v) is 9.45. The van der Waals surface area contributed by atoms with Crippen LogP contribution in [0.5, 0.6) is 0 Å². The molecule has 0 heterocycles. The van der Waals surface area contributed by atoms with E-state index in [1.807, 2.05) is 0 Å². The lowest BCUT2D eigenvalue weighted by Crippen LogP contribution is -2.32. The summed E-state index contributed by atoms with van der Waals surface area (Å²) in [6.45, 7) is 3.10. The zero-order chi connectivity index (χ0) is 10.7. The van der Waals surface area contributed by atoms with Crippen LogP contribution in [0.1, 0.15) is 23.5 Å². The van der Waals surface area contributed by atoms with E-state index in [1.165, 1.54) is 18.5 Å². The van der Waals surface area contributed by atoms with Gasteiger partial charge in [0.25, 0.3) is 0 Å². The number of hydrogen-bond acceptors (Lipinski definition) is 2. The summed E-state index contributed by atoms with van der Waals surface area (Å²) in [5, 5.41) is 0.